The molecule has 4 aromatic heterocycles. The maximum absolute atomic E-state index is 15.5. The number of nitrogens with zero attached hydrogens (tertiary/aromatic N) is 5. The number of aryl methyl sites for hydroxylation is 1. The fraction of sp³-hybridized carbons (Fsp3) is 0.133. The third kappa shape index (κ3) is 4.14. The zero-order valence-corrected chi connectivity index (χ0v) is 22.0. The van der Waals surface area contributed by atoms with Crippen LogP contribution in [0.4, 0.5) is 26.1 Å². The van der Waals surface area contributed by atoms with Gasteiger partial charge in [0.25, 0.3) is 0 Å². The molecule has 0 bridgehead atoms. The van der Waals surface area contributed by atoms with E-state index in [9.17, 15) is 9.18 Å². The molecule has 0 saturated heterocycles. The Morgan fingerprint density at radius 2 is 1.65 bits per heavy atom. The smallest absolute Gasteiger partial charge is 0.200 e. The quantitative estimate of drug-likeness (QED) is 0.272. The van der Waals surface area contributed by atoms with Crippen molar-refractivity contribution in [2.24, 2.45) is 7.05 Å². The van der Waals surface area contributed by atoms with Gasteiger partial charge in [-0.1, -0.05) is 18.2 Å². The van der Waals surface area contributed by atoms with E-state index in [4.69, 9.17) is 5.73 Å². The zero-order valence-electron chi connectivity index (χ0n) is 22.0. The van der Waals surface area contributed by atoms with E-state index in [1.165, 1.54) is 24.5 Å². The van der Waals surface area contributed by atoms with Gasteiger partial charge in [0.05, 0.1) is 22.0 Å². The number of nitrogens with one attached hydrogen (secondary N) is 1. The number of halogens is 2. The van der Waals surface area contributed by atoms with Crippen LogP contribution in [0.5, 0.6) is 0 Å². The summed E-state index contributed by atoms with van der Waals surface area (Å²) in [6.45, 7) is 3.99. The van der Waals surface area contributed by atoms with Crippen molar-refractivity contribution in [3.8, 4) is 22.3 Å². The van der Waals surface area contributed by atoms with Crippen LogP contribution in [0.1, 0.15) is 19.9 Å². The van der Waals surface area contributed by atoms with Gasteiger partial charge in [0, 0.05) is 42.8 Å². The van der Waals surface area contributed by atoms with Crippen molar-refractivity contribution in [1.82, 2.24) is 24.1 Å². The number of hydrogen-bond donors (Lipinski definition) is 2. The highest BCUT2D eigenvalue weighted by molar-refractivity contribution is 6.01. The summed E-state index contributed by atoms with van der Waals surface area (Å²) in [5, 5.41) is 3.98. The lowest BCUT2D eigenvalue weighted by atomic mass is 10.0. The molecule has 0 amide bonds. The molecular formula is C30H25F2N7O. The number of pyridine rings is 2. The first-order chi connectivity index (χ1) is 19.2. The number of benzene rings is 2. The first-order valence-electron chi connectivity index (χ1n) is 12.6. The van der Waals surface area contributed by atoms with Gasteiger partial charge in [-0.15, -0.1) is 0 Å². The number of nitrogen functional groups attached to an aromatic ring is 1. The summed E-state index contributed by atoms with van der Waals surface area (Å²) in [5.74, 6) is -0.408. The monoisotopic (exact) mass is 537 g/mol. The molecule has 40 heavy (non-hydrogen) atoms. The number of fused-ring (bicyclic) bond motifs is 2. The Kier molecular flexibility index (Phi) is 6.02. The minimum Gasteiger partial charge on any atom is -0.383 e. The number of aromatic nitrogens is 5. The lowest BCUT2D eigenvalue weighted by molar-refractivity contribution is 0.618. The Morgan fingerprint density at radius 3 is 2.38 bits per heavy atom. The van der Waals surface area contributed by atoms with Crippen LogP contribution in [0, 0.1) is 11.6 Å². The average Bonchev–Trinajstić information content (AvgIpc) is 3.28. The summed E-state index contributed by atoms with van der Waals surface area (Å²) >= 11 is 0. The van der Waals surface area contributed by atoms with Crippen molar-refractivity contribution in [3.63, 3.8) is 0 Å². The molecule has 0 unspecified atom stereocenters. The second kappa shape index (κ2) is 9.57. The van der Waals surface area contributed by atoms with E-state index in [0.717, 1.165) is 0 Å². The van der Waals surface area contributed by atoms with Gasteiger partial charge in [-0.25, -0.2) is 23.7 Å². The molecular weight excluding hydrogens is 512 g/mol. The highest BCUT2D eigenvalue weighted by Crippen LogP contribution is 2.35. The Morgan fingerprint density at radius 1 is 0.900 bits per heavy atom. The molecule has 0 saturated carbocycles. The van der Waals surface area contributed by atoms with E-state index < -0.39 is 11.6 Å². The Labute approximate surface area is 227 Å². The number of nitrogens with two attached hydrogens (primary N) is 1. The van der Waals surface area contributed by atoms with Gasteiger partial charge in [0.15, 0.2) is 0 Å². The molecule has 0 atom stereocenters. The van der Waals surface area contributed by atoms with Crippen LogP contribution in [-0.2, 0) is 7.05 Å². The first-order valence-corrected chi connectivity index (χ1v) is 12.6. The largest absolute Gasteiger partial charge is 0.383 e. The van der Waals surface area contributed by atoms with Gasteiger partial charge in [0.2, 0.25) is 5.43 Å². The molecule has 0 aliphatic carbocycles. The fourth-order valence-corrected chi connectivity index (χ4v) is 5.01. The zero-order chi connectivity index (χ0) is 28.1. The third-order valence-electron chi connectivity index (χ3n) is 6.97. The van der Waals surface area contributed by atoms with Gasteiger partial charge >= 0.3 is 0 Å². The summed E-state index contributed by atoms with van der Waals surface area (Å²) in [5.41, 5.74) is 9.52. The van der Waals surface area contributed by atoms with E-state index in [-0.39, 0.29) is 23.0 Å². The second-order valence-corrected chi connectivity index (χ2v) is 9.86. The molecule has 0 aliphatic heterocycles. The molecule has 8 nitrogen and oxygen atoms in total. The van der Waals surface area contributed by atoms with Crippen molar-refractivity contribution >= 4 is 39.3 Å². The Hall–Kier alpha value is -5.12. The van der Waals surface area contributed by atoms with Crippen LogP contribution in [0.15, 0.2) is 78.2 Å². The van der Waals surface area contributed by atoms with E-state index in [1.54, 1.807) is 42.7 Å². The average molecular weight is 538 g/mol. The topological polar surface area (TPSA) is 104 Å². The predicted molar refractivity (Wildman–Crippen MR) is 153 cm³/mol. The van der Waals surface area contributed by atoms with Crippen LogP contribution in [0.2, 0.25) is 0 Å². The van der Waals surface area contributed by atoms with Gasteiger partial charge in [0.1, 0.15) is 35.2 Å². The maximum Gasteiger partial charge on any atom is 0.200 e. The Balaban J connectivity index is 1.47. The maximum atomic E-state index is 15.5. The normalized spacial score (nSPS) is 11.6. The molecule has 0 fully saturated rings. The van der Waals surface area contributed by atoms with Gasteiger partial charge in [-0.3, -0.25) is 4.79 Å². The van der Waals surface area contributed by atoms with Gasteiger partial charge in [-0.05, 0) is 55.3 Å². The summed E-state index contributed by atoms with van der Waals surface area (Å²) in [4.78, 5) is 26.5. The van der Waals surface area contributed by atoms with Crippen LogP contribution in [0.25, 0.3) is 44.2 Å². The molecule has 4 heterocycles. The van der Waals surface area contributed by atoms with E-state index in [1.807, 2.05) is 36.2 Å². The highest BCUT2D eigenvalue weighted by Gasteiger charge is 2.19. The van der Waals surface area contributed by atoms with Crippen LogP contribution < -0.4 is 16.5 Å². The lowest BCUT2D eigenvalue weighted by Gasteiger charge is -2.19. The second-order valence-electron chi connectivity index (χ2n) is 9.86. The summed E-state index contributed by atoms with van der Waals surface area (Å²) in [6.07, 6.45) is 6.56. The molecule has 2 aromatic carbocycles. The van der Waals surface area contributed by atoms with E-state index >= 15 is 4.39 Å². The minimum atomic E-state index is -0.539. The molecule has 0 aliphatic rings. The van der Waals surface area contributed by atoms with Crippen molar-refractivity contribution in [2.75, 3.05) is 11.1 Å². The lowest BCUT2D eigenvalue weighted by Crippen LogP contribution is -2.15. The van der Waals surface area contributed by atoms with Crippen LogP contribution in [-0.4, -0.2) is 24.1 Å². The standard InChI is InChI=1S/C30H25F2N7O/c1-16(2)39-14-21(17-4-7-19(31)8-5-17)27(40)26-24(39)10-11-34-29(26)37-23-9-6-18(12-22(23)32)20-13-38(3)30-25(20)28(33)35-15-36-30/h4-16H,1-3H3,(H,34,37)(H2,33,35,36). The minimum absolute atomic E-state index is 0.00526. The van der Waals surface area contributed by atoms with Gasteiger partial charge < -0.3 is 20.2 Å². The molecule has 6 aromatic rings. The first kappa shape index (κ1) is 25.2. The van der Waals surface area contributed by atoms with Crippen molar-refractivity contribution in [1.29, 1.82) is 0 Å². The summed E-state index contributed by atoms with van der Waals surface area (Å²) in [7, 11) is 1.83. The van der Waals surface area contributed by atoms with Crippen LogP contribution in [0.3, 0.4) is 0 Å². The number of anilines is 3. The SMILES string of the molecule is CC(C)n1cc(-c2ccc(F)cc2)c(=O)c2c(Nc3ccc(-c4cn(C)c5ncnc(N)c45)cc3F)nccc21. The van der Waals surface area contributed by atoms with Crippen molar-refractivity contribution < 1.29 is 8.78 Å². The molecule has 0 spiro atoms. The molecule has 6 rings (SSSR count). The molecule has 3 N–H and O–H groups in total. The number of hydrogen-bond acceptors (Lipinski definition) is 6. The van der Waals surface area contributed by atoms with Crippen molar-refractivity contribution in [2.45, 2.75) is 19.9 Å². The van der Waals surface area contributed by atoms with E-state index in [2.05, 4.69) is 20.3 Å². The predicted octanol–water partition coefficient (Wildman–Crippen LogP) is 6.20. The molecule has 200 valence electrons. The van der Waals surface area contributed by atoms with Crippen LogP contribution >= 0.6 is 0 Å². The molecule has 0 radical (unpaired) electrons. The number of rotatable bonds is 5. The summed E-state index contributed by atoms with van der Waals surface area (Å²) in [6, 6.07) is 12.3. The highest BCUT2D eigenvalue weighted by atomic mass is 19.1. The third-order valence-corrected chi connectivity index (χ3v) is 6.97. The molecule has 10 heteroatoms. The van der Waals surface area contributed by atoms with Gasteiger partial charge in [-0.2, -0.15) is 0 Å². The summed E-state index contributed by atoms with van der Waals surface area (Å²) < 4.78 is 32.9. The fourth-order valence-electron chi connectivity index (χ4n) is 5.01. The Bertz CT molecular complexity index is 1980. The van der Waals surface area contributed by atoms with E-state index in [0.29, 0.717) is 50.0 Å². The van der Waals surface area contributed by atoms with Crippen molar-refractivity contribution in [3.05, 3.63) is 95.3 Å².